The molecule has 7 heteroatoms. The fraction of sp³-hybridized carbons (Fsp3) is 0.556. The van der Waals surface area contributed by atoms with Gasteiger partial charge in [-0.1, -0.05) is 18.5 Å². The summed E-state index contributed by atoms with van der Waals surface area (Å²) in [6, 6.07) is 0.488. The molecule has 0 spiro atoms. The zero-order valence-corrected chi connectivity index (χ0v) is 16.2. The number of ether oxygens (including phenoxy) is 2. The molecule has 0 aliphatic carbocycles. The SMILES string of the molecule is CCOc1c(C(C)=O)cc(Cl)c(F)c1C(CC)NC(=O)OC(C)(C)C. The molecule has 1 aromatic rings. The molecule has 0 radical (unpaired) electrons. The molecule has 140 valence electrons. The molecule has 1 unspecified atom stereocenters. The number of hydrogen-bond donors (Lipinski definition) is 1. The van der Waals surface area contributed by atoms with Crippen molar-refractivity contribution in [2.24, 2.45) is 0 Å². The van der Waals surface area contributed by atoms with Gasteiger partial charge in [0.2, 0.25) is 0 Å². The van der Waals surface area contributed by atoms with Gasteiger partial charge in [-0.25, -0.2) is 9.18 Å². The number of alkyl carbamates (subject to hydrolysis) is 1. The molecule has 0 aliphatic heterocycles. The average molecular weight is 374 g/mol. The maximum atomic E-state index is 14.7. The summed E-state index contributed by atoms with van der Waals surface area (Å²) in [4.78, 5) is 24.0. The van der Waals surface area contributed by atoms with Gasteiger partial charge in [0.05, 0.1) is 28.8 Å². The van der Waals surface area contributed by atoms with Gasteiger partial charge in [-0.15, -0.1) is 0 Å². The van der Waals surface area contributed by atoms with E-state index in [4.69, 9.17) is 21.1 Å². The van der Waals surface area contributed by atoms with Crippen LogP contribution in [0, 0.1) is 5.82 Å². The van der Waals surface area contributed by atoms with Crippen molar-refractivity contribution in [3.63, 3.8) is 0 Å². The van der Waals surface area contributed by atoms with Gasteiger partial charge in [-0.05, 0) is 47.1 Å². The lowest BCUT2D eigenvalue weighted by molar-refractivity contribution is 0.0500. The topological polar surface area (TPSA) is 64.6 Å². The predicted octanol–water partition coefficient (Wildman–Crippen LogP) is 5.06. The van der Waals surface area contributed by atoms with Crippen LogP contribution in [0.3, 0.4) is 0 Å². The summed E-state index contributed by atoms with van der Waals surface area (Å²) in [5, 5.41) is 2.42. The number of hydrogen-bond acceptors (Lipinski definition) is 4. The van der Waals surface area contributed by atoms with E-state index in [1.165, 1.54) is 13.0 Å². The van der Waals surface area contributed by atoms with E-state index in [1.54, 1.807) is 34.6 Å². The highest BCUT2D eigenvalue weighted by molar-refractivity contribution is 6.31. The smallest absolute Gasteiger partial charge is 0.408 e. The van der Waals surface area contributed by atoms with Gasteiger partial charge in [0.25, 0.3) is 0 Å². The lowest BCUT2D eigenvalue weighted by atomic mass is 9.97. The third-order valence-corrected chi connectivity index (χ3v) is 3.60. The number of ketones is 1. The van der Waals surface area contributed by atoms with Crippen molar-refractivity contribution < 1.29 is 23.5 Å². The van der Waals surface area contributed by atoms with Gasteiger partial charge in [-0.2, -0.15) is 0 Å². The molecule has 1 rings (SSSR count). The van der Waals surface area contributed by atoms with Crippen molar-refractivity contribution in [1.82, 2.24) is 5.32 Å². The summed E-state index contributed by atoms with van der Waals surface area (Å²) in [5.74, 6) is -0.934. The molecule has 0 fully saturated rings. The Balaban J connectivity index is 3.39. The molecule has 1 aromatic carbocycles. The monoisotopic (exact) mass is 373 g/mol. The highest BCUT2D eigenvalue weighted by Gasteiger charge is 2.28. The highest BCUT2D eigenvalue weighted by Crippen LogP contribution is 2.37. The normalized spacial score (nSPS) is 12.5. The van der Waals surface area contributed by atoms with E-state index in [-0.39, 0.29) is 34.3 Å². The lowest BCUT2D eigenvalue weighted by Gasteiger charge is -2.25. The van der Waals surface area contributed by atoms with E-state index >= 15 is 0 Å². The molecule has 0 aliphatic rings. The molecule has 5 nitrogen and oxygen atoms in total. The number of Topliss-reactive ketones (excluding diaryl/α,β-unsaturated/α-hetero) is 1. The molecule has 25 heavy (non-hydrogen) atoms. The van der Waals surface area contributed by atoms with E-state index in [2.05, 4.69) is 5.32 Å². The molecular formula is C18H25ClFNO4. The standard InChI is InChI=1S/C18H25ClFNO4/c1-7-13(21-17(23)25-18(4,5)6)14-15(20)12(19)9-11(10(3)22)16(14)24-8-2/h9,13H,7-8H2,1-6H3,(H,21,23). The second-order valence-electron chi connectivity index (χ2n) is 6.56. The van der Waals surface area contributed by atoms with Gasteiger partial charge in [0.15, 0.2) is 11.6 Å². The minimum absolute atomic E-state index is 0.0490. The van der Waals surface area contributed by atoms with Crippen LogP contribution in [0.2, 0.25) is 5.02 Å². The molecule has 0 saturated carbocycles. The van der Waals surface area contributed by atoms with Crippen molar-refractivity contribution in [3.8, 4) is 5.75 Å². The summed E-state index contributed by atoms with van der Waals surface area (Å²) in [6.45, 7) is 10.3. The first kappa shape index (κ1) is 21.2. The Bertz CT molecular complexity index is 655. The van der Waals surface area contributed by atoms with Crippen LogP contribution in [-0.2, 0) is 4.74 Å². The largest absolute Gasteiger partial charge is 0.493 e. The highest BCUT2D eigenvalue weighted by atomic mass is 35.5. The number of carbonyl (C=O) groups is 2. The Morgan fingerprint density at radius 3 is 2.36 bits per heavy atom. The zero-order chi connectivity index (χ0) is 19.4. The van der Waals surface area contributed by atoms with Crippen molar-refractivity contribution in [3.05, 3.63) is 28.0 Å². The van der Waals surface area contributed by atoms with E-state index in [0.29, 0.717) is 6.42 Å². The molecule has 1 atom stereocenters. The van der Waals surface area contributed by atoms with Crippen molar-refractivity contribution in [2.75, 3.05) is 6.61 Å². The molecule has 0 bridgehead atoms. The molecule has 0 aromatic heterocycles. The second-order valence-corrected chi connectivity index (χ2v) is 6.97. The summed E-state index contributed by atoms with van der Waals surface area (Å²) < 4.78 is 25.5. The van der Waals surface area contributed by atoms with Crippen molar-refractivity contribution in [1.29, 1.82) is 0 Å². The summed E-state index contributed by atoms with van der Waals surface area (Å²) in [5.41, 5.74) is -0.469. The van der Waals surface area contributed by atoms with Crippen LogP contribution >= 0.6 is 11.6 Å². The number of halogens is 2. The van der Waals surface area contributed by atoms with Gasteiger partial charge in [0, 0.05) is 0 Å². The summed E-state index contributed by atoms with van der Waals surface area (Å²) >= 11 is 5.95. The van der Waals surface area contributed by atoms with Gasteiger partial charge < -0.3 is 14.8 Å². The van der Waals surface area contributed by atoms with Crippen LogP contribution in [-0.4, -0.2) is 24.1 Å². The molecular weight excluding hydrogens is 349 g/mol. The predicted molar refractivity (Wildman–Crippen MR) is 95.0 cm³/mol. The lowest BCUT2D eigenvalue weighted by Crippen LogP contribution is -2.35. The van der Waals surface area contributed by atoms with Crippen LogP contribution < -0.4 is 10.1 Å². The average Bonchev–Trinajstić information content (AvgIpc) is 2.47. The van der Waals surface area contributed by atoms with Crippen molar-refractivity contribution in [2.45, 2.75) is 59.6 Å². The van der Waals surface area contributed by atoms with Gasteiger partial charge >= 0.3 is 6.09 Å². The summed E-state index contributed by atoms with van der Waals surface area (Å²) in [6.07, 6.45) is -0.334. The van der Waals surface area contributed by atoms with Crippen LogP contribution in [0.15, 0.2) is 6.07 Å². The molecule has 0 heterocycles. The van der Waals surface area contributed by atoms with Crippen LogP contribution in [0.4, 0.5) is 9.18 Å². The first-order valence-electron chi connectivity index (χ1n) is 8.16. The maximum Gasteiger partial charge on any atom is 0.408 e. The Morgan fingerprint density at radius 2 is 1.92 bits per heavy atom. The molecule has 0 saturated heterocycles. The fourth-order valence-electron chi connectivity index (χ4n) is 2.33. The van der Waals surface area contributed by atoms with E-state index in [9.17, 15) is 14.0 Å². The molecule has 1 N–H and O–H groups in total. The van der Waals surface area contributed by atoms with Crippen LogP contribution in [0.5, 0.6) is 5.75 Å². The zero-order valence-electron chi connectivity index (χ0n) is 15.5. The number of benzene rings is 1. The number of nitrogens with one attached hydrogen (secondary N) is 1. The Kier molecular flexibility index (Phi) is 7.23. The quantitative estimate of drug-likeness (QED) is 0.708. The first-order chi connectivity index (χ1) is 11.5. The van der Waals surface area contributed by atoms with Crippen LogP contribution in [0.1, 0.15) is 69.9 Å². The number of rotatable bonds is 6. The van der Waals surface area contributed by atoms with Gasteiger partial charge in [-0.3, -0.25) is 4.79 Å². The van der Waals surface area contributed by atoms with E-state index in [0.717, 1.165) is 0 Å². The Labute approximate surface area is 152 Å². The first-order valence-corrected chi connectivity index (χ1v) is 8.54. The number of carbonyl (C=O) groups excluding carboxylic acids is 2. The summed E-state index contributed by atoms with van der Waals surface area (Å²) in [7, 11) is 0. The third kappa shape index (κ3) is 5.59. The fourth-order valence-corrected chi connectivity index (χ4v) is 2.54. The van der Waals surface area contributed by atoms with E-state index < -0.39 is 23.6 Å². The Morgan fingerprint density at radius 1 is 1.32 bits per heavy atom. The van der Waals surface area contributed by atoms with E-state index in [1.807, 2.05) is 0 Å². The minimum Gasteiger partial charge on any atom is -0.493 e. The Hall–Kier alpha value is -1.82. The maximum absolute atomic E-state index is 14.7. The third-order valence-electron chi connectivity index (χ3n) is 3.32. The minimum atomic E-state index is -0.756. The van der Waals surface area contributed by atoms with Crippen molar-refractivity contribution >= 4 is 23.5 Å². The molecule has 1 amide bonds. The number of amides is 1. The second kappa shape index (κ2) is 8.52. The van der Waals surface area contributed by atoms with Gasteiger partial charge in [0.1, 0.15) is 11.4 Å². The van der Waals surface area contributed by atoms with Crippen LogP contribution in [0.25, 0.3) is 0 Å².